The van der Waals surface area contributed by atoms with Gasteiger partial charge in [0, 0.05) is 30.5 Å². The van der Waals surface area contributed by atoms with Crippen LogP contribution in [0.1, 0.15) is 27.3 Å². The molecular weight excluding hydrogens is 460 g/mol. The third-order valence-electron chi connectivity index (χ3n) is 6.17. The summed E-state index contributed by atoms with van der Waals surface area (Å²) in [6.45, 7) is 4.88. The number of hydrogen-bond acceptors (Lipinski definition) is 6. The van der Waals surface area contributed by atoms with Crippen molar-refractivity contribution >= 4 is 17.5 Å². The van der Waals surface area contributed by atoms with E-state index >= 15 is 0 Å². The van der Waals surface area contributed by atoms with Gasteiger partial charge in [0.15, 0.2) is 16.8 Å². The molecule has 0 atom stereocenters. The lowest BCUT2D eigenvalue weighted by atomic mass is 10.1. The van der Waals surface area contributed by atoms with E-state index in [2.05, 4.69) is 26.9 Å². The maximum absolute atomic E-state index is 13.1. The average molecular weight is 491 g/mol. The third kappa shape index (κ3) is 5.27. The highest BCUT2D eigenvalue weighted by molar-refractivity contribution is 7.99. The summed E-state index contributed by atoms with van der Waals surface area (Å²) in [6, 6.07) is 17.8. The molecule has 2 aromatic carbocycles. The molecule has 2 aromatic heterocycles. The smallest absolute Gasteiger partial charge is 0.191 e. The van der Waals surface area contributed by atoms with Gasteiger partial charge in [-0.25, -0.2) is 0 Å². The fraction of sp³-hybridized carbons (Fsp3) is 0.296. The lowest BCUT2D eigenvalue weighted by Gasteiger charge is -2.10. The molecule has 4 aromatic rings. The predicted molar refractivity (Wildman–Crippen MR) is 139 cm³/mol. The number of para-hydroxylation sites is 1. The average Bonchev–Trinajstić information content (AvgIpc) is 3.39. The summed E-state index contributed by atoms with van der Waals surface area (Å²) in [5.74, 6) is 2.67. The number of rotatable bonds is 10. The molecule has 0 N–H and O–H groups in total. The lowest BCUT2D eigenvalue weighted by molar-refractivity contribution is 0.102. The number of nitrogens with zero attached hydrogens (tertiary/aromatic N) is 4. The zero-order valence-electron chi connectivity index (χ0n) is 20.7. The lowest BCUT2D eigenvalue weighted by Crippen LogP contribution is -2.08. The van der Waals surface area contributed by atoms with Gasteiger partial charge in [-0.15, -0.1) is 10.2 Å². The fourth-order valence-electron chi connectivity index (χ4n) is 4.17. The van der Waals surface area contributed by atoms with E-state index in [-0.39, 0.29) is 5.78 Å². The normalized spacial score (nSPS) is 11.0. The molecule has 7 nitrogen and oxygen atoms in total. The topological polar surface area (TPSA) is 71.2 Å². The van der Waals surface area contributed by atoms with Crippen LogP contribution >= 0.6 is 11.8 Å². The second kappa shape index (κ2) is 10.8. The van der Waals surface area contributed by atoms with Crippen LogP contribution in [0.25, 0.3) is 11.4 Å². The zero-order chi connectivity index (χ0) is 24.9. The molecule has 0 unspecified atom stereocenters. The molecule has 0 fully saturated rings. The number of ketones is 1. The molecular formula is C27H30N4O3S. The van der Waals surface area contributed by atoms with Gasteiger partial charge in [0.1, 0.15) is 11.5 Å². The van der Waals surface area contributed by atoms with Crippen LogP contribution in [0.2, 0.25) is 0 Å². The maximum atomic E-state index is 13.1. The summed E-state index contributed by atoms with van der Waals surface area (Å²) in [7, 11) is 5.21. The molecule has 2 heterocycles. The second-order valence-electron chi connectivity index (χ2n) is 8.31. The summed E-state index contributed by atoms with van der Waals surface area (Å²) >= 11 is 1.39. The van der Waals surface area contributed by atoms with Crippen LogP contribution in [-0.2, 0) is 20.0 Å². The van der Waals surface area contributed by atoms with E-state index < -0.39 is 0 Å². The Hall–Kier alpha value is -3.52. The summed E-state index contributed by atoms with van der Waals surface area (Å²) < 4.78 is 14.8. The first kappa shape index (κ1) is 24.6. The molecule has 0 aliphatic heterocycles. The largest absolute Gasteiger partial charge is 0.497 e. The minimum atomic E-state index is 0.0839. The summed E-state index contributed by atoms with van der Waals surface area (Å²) in [4.78, 5) is 13.1. The van der Waals surface area contributed by atoms with Gasteiger partial charge < -0.3 is 18.6 Å². The van der Waals surface area contributed by atoms with E-state index in [4.69, 9.17) is 9.47 Å². The quantitative estimate of drug-likeness (QED) is 0.227. The predicted octanol–water partition coefficient (Wildman–Crippen LogP) is 5.14. The van der Waals surface area contributed by atoms with E-state index in [0.29, 0.717) is 16.7 Å². The molecule has 0 spiro atoms. The van der Waals surface area contributed by atoms with Gasteiger partial charge in [0.25, 0.3) is 0 Å². The minimum Gasteiger partial charge on any atom is -0.497 e. The van der Waals surface area contributed by atoms with Gasteiger partial charge in [-0.3, -0.25) is 4.79 Å². The van der Waals surface area contributed by atoms with Crippen molar-refractivity contribution in [1.29, 1.82) is 0 Å². The van der Waals surface area contributed by atoms with E-state index in [0.717, 1.165) is 47.0 Å². The van der Waals surface area contributed by atoms with Crippen molar-refractivity contribution in [3.05, 3.63) is 77.1 Å². The Labute approximate surface area is 210 Å². The number of carbonyl (C=O) groups excluding carboxylic acids is 1. The Morgan fingerprint density at radius 2 is 1.74 bits per heavy atom. The highest BCUT2D eigenvalue weighted by Gasteiger charge is 2.19. The molecule has 0 radical (unpaired) electrons. The van der Waals surface area contributed by atoms with Gasteiger partial charge in [0.2, 0.25) is 0 Å². The summed E-state index contributed by atoms with van der Waals surface area (Å²) in [5.41, 5.74) is 4.94. The Morgan fingerprint density at radius 1 is 1.00 bits per heavy atom. The van der Waals surface area contributed by atoms with Gasteiger partial charge >= 0.3 is 0 Å². The number of benzene rings is 2. The SMILES string of the molecule is COc1ccc(CCn2c(C)cc(C(=O)CSc3nnc(-c4ccccc4OC)n3C)c2C)cc1. The van der Waals surface area contributed by atoms with Crippen LogP contribution in [0.5, 0.6) is 11.5 Å². The van der Waals surface area contributed by atoms with Crippen molar-refractivity contribution < 1.29 is 14.3 Å². The molecule has 4 rings (SSSR count). The Kier molecular flexibility index (Phi) is 7.60. The number of Topliss-reactive ketones (excluding diaryl/α,β-unsaturated/α-hetero) is 1. The molecule has 182 valence electrons. The summed E-state index contributed by atoms with van der Waals surface area (Å²) in [5, 5.41) is 9.33. The van der Waals surface area contributed by atoms with Gasteiger partial charge in [-0.2, -0.15) is 0 Å². The Balaban J connectivity index is 1.43. The number of hydrogen-bond donors (Lipinski definition) is 0. The number of aryl methyl sites for hydroxylation is 2. The number of carbonyl (C=O) groups is 1. The zero-order valence-corrected chi connectivity index (χ0v) is 21.6. The van der Waals surface area contributed by atoms with Crippen molar-refractivity contribution in [1.82, 2.24) is 19.3 Å². The number of thioether (sulfide) groups is 1. The van der Waals surface area contributed by atoms with Crippen molar-refractivity contribution in [2.24, 2.45) is 7.05 Å². The van der Waals surface area contributed by atoms with Gasteiger partial charge in [0.05, 0.1) is 25.5 Å². The molecule has 0 saturated heterocycles. The molecule has 8 heteroatoms. The standard InChI is InChI=1S/C27H30N4O3S/c1-18-16-23(19(2)31(18)15-14-20-10-12-21(33-4)13-11-20)24(32)17-35-27-29-28-26(30(27)3)22-8-6-7-9-25(22)34-5/h6-13,16H,14-15,17H2,1-5H3. The first-order valence-corrected chi connectivity index (χ1v) is 12.4. The van der Waals surface area contributed by atoms with E-state index in [9.17, 15) is 4.79 Å². The Bertz CT molecular complexity index is 1320. The molecule has 0 aliphatic carbocycles. The van der Waals surface area contributed by atoms with Crippen molar-refractivity contribution in [2.75, 3.05) is 20.0 Å². The molecule has 35 heavy (non-hydrogen) atoms. The van der Waals surface area contributed by atoms with Gasteiger partial charge in [-0.1, -0.05) is 36.0 Å². The van der Waals surface area contributed by atoms with Crippen molar-refractivity contribution in [3.63, 3.8) is 0 Å². The number of methoxy groups -OCH3 is 2. The van der Waals surface area contributed by atoms with Crippen LogP contribution in [0.4, 0.5) is 0 Å². The second-order valence-corrected chi connectivity index (χ2v) is 9.25. The van der Waals surface area contributed by atoms with Crippen LogP contribution in [0.15, 0.2) is 59.8 Å². The third-order valence-corrected chi connectivity index (χ3v) is 7.19. The first-order valence-electron chi connectivity index (χ1n) is 11.4. The van der Waals surface area contributed by atoms with Crippen molar-refractivity contribution in [2.45, 2.75) is 32.0 Å². The van der Waals surface area contributed by atoms with E-state index in [1.807, 2.05) is 67.9 Å². The molecule has 0 saturated carbocycles. The van der Waals surface area contributed by atoms with Crippen LogP contribution in [-0.4, -0.2) is 45.1 Å². The highest BCUT2D eigenvalue weighted by Crippen LogP contribution is 2.30. The Morgan fingerprint density at radius 3 is 2.46 bits per heavy atom. The van der Waals surface area contributed by atoms with Crippen molar-refractivity contribution in [3.8, 4) is 22.9 Å². The van der Waals surface area contributed by atoms with E-state index in [1.54, 1.807) is 14.2 Å². The maximum Gasteiger partial charge on any atom is 0.191 e. The molecule has 0 aliphatic rings. The number of aromatic nitrogens is 4. The van der Waals surface area contributed by atoms with E-state index in [1.165, 1.54) is 17.3 Å². The number of ether oxygens (including phenoxy) is 2. The molecule has 0 bridgehead atoms. The minimum absolute atomic E-state index is 0.0839. The van der Waals surface area contributed by atoms with Crippen LogP contribution < -0.4 is 9.47 Å². The fourth-order valence-corrected chi connectivity index (χ4v) is 4.97. The monoisotopic (exact) mass is 490 g/mol. The highest BCUT2D eigenvalue weighted by atomic mass is 32.2. The van der Waals surface area contributed by atoms with Crippen LogP contribution in [0.3, 0.4) is 0 Å². The summed E-state index contributed by atoms with van der Waals surface area (Å²) in [6.07, 6.45) is 0.882. The van der Waals surface area contributed by atoms with Gasteiger partial charge in [-0.05, 0) is 56.2 Å². The molecule has 0 amide bonds. The van der Waals surface area contributed by atoms with Crippen LogP contribution in [0, 0.1) is 13.8 Å². The first-order chi connectivity index (χ1) is 16.9.